The second-order valence-corrected chi connectivity index (χ2v) is 8.69. The van der Waals surface area contributed by atoms with E-state index < -0.39 is 18.3 Å². The maximum Gasteiger partial charge on any atom is 0.277 e. The molecule has 3 heterocycles. The molecule has 1 aromatic heterocycles. The van der Waals surface area contributed by atoms with Crippen LogP contribution in [0.25, 0.3) is 0 Å². The lowest BCUT2D eigenvalue weighted by atomic mass is 10.00. The monoisotopic (exact) mass is 506 g/mol. The van der Waals surface area contributed by atoms with Crippen molar-refractivity contribution in [1.29, 1.82) is 5.26 Å². The predicted molar refractivity (Wildman–Crippen MR) is 136 cm³/mol. The van der Waals surface area contributed by atoms with E-state index in [-0.39, 0.29) is 17.2 Å². The van der Waals surface area contributed by atoms with Gasteiger partial charge in [-0.3, -0.25) is 19.2 Å². The third-order valence-corrected chi connectivity index (χ3v) is 6.31. The summed E-state index contributed by atoms with van der Waals surface area (Å²) in [5, 5.41) is 16.0. The van der Waals surface area contributed by atoms with Crippen LogP contribution in [0.4, 0.5) is 20.2 Å². The van der Waals surface area contributed by atoms with Crippen molar-refractivity contribution in [2.24, 2.45) is 5.92 Å². The lowest BCUT2D eigenvalue weighted by Crippen LogP contribution is -2.49. The van der Waals surface area contributed by atoms with Gasteiger partial charge in [0.1, 0.15) is 5.69 Å². The molecule has 0 spiro atoms. The smallest absolute Gasteiger partial charge is 0.277 e. The number of halogens is 2. The molecule has 3 aromatic rings. The van der Waals surface area contributed by atoms with Gasteiger partial charge in [-0.25, -0.2) is 8.78 Å². The van der Waals surface area contributed by atoms with Crippen molar-refractivity contribution in [3.05, 3.63) is 77.1 Å². The average molecular weight is 507 g/mol. The summed E-state index contributed by atoms with van der Waals surface area (Å²) in [5.41, 5.74) is 2.89. The fourth-order valence-corrected chi connectivity index (χ4v) is 4.42. The van der Waals surface area contributed by atoms with Crippen LogP contribution in [-0.4, -0.2) is 52.6 Å². The molecule has 0 unspecified atom stereocenters. The minimum absolute atomic E-state index is 0.157. The van der Waals surface area contributed by atoms with Crippen molar-refractivity contribution in [2.45, 2.75) is 33.4 Å². The molecule has 8 nitrogen and oxygen atoms in total. The van der Waals surface area contributed by atoms with Crippen LogP contribution in [0.5, 0.6) is 0 Å². The van der Waals surface area contributed by atoms with E-state index in [1.165, 1.54) is 10.9 Å². The van der Waals surface area contributed by atoms with E-state index in [2.05, 4.69) is 10.4 Å². The van der Waals surface area contributed by atoms with Crippen LogP contribution in [-0.2, 0) is 13.1 Å². The van der Waals surface area contributed by atoms with E-state index in [1.807, 2.05) is 49.1 Å². The Labute approximate surface area is 214 Å². The summed E-state index contributed by atoms with van der Waals surface area (Å²) in [6.07, 6.45) is -0.898. The number of amides is 2. The van der Waals surface area contributed by atoms with E-state index >= 15 is 0 Å². The Morgan fingerprint density at radius 3 is 2.57 bits per heavy atom. The molecular weight excluding hydrogens is 478 g/mol. The molecule has 2 aliphatic heterocycles. The second-order valence-electron chi connectivity index (χ2n) is 8.69. The second kappa shape index (κ2) is 11.3. The topological polar surface area (TPSA) is 94.3 Å². The molecule has 2 amide bonds. The van der Waals surface area contributed by atoms with Crippen LogP contribution in [0, 0.1) is 17.2 Å². The van der Waals surface area contributed by atoms with E-state index in [1.54, 1.807) is 29.2 Å². The summed E-state index contributed by atoms with van der Waals surface area (Å²) in [6.45, 7) is 6.20. The van der Waals surface area contributed by atoms with Crippen molar-refractivity contribution in [2.75, 3.05) is 29.9 Å². The summed E-state index contributed by atoms with van der Waals surface area (Å²) in [6, 6.07) is 16.0. The first kappa shape index (κ1) is 26.0. The number of aromatic nitrogens is 2. The molecule has 10 heteroatoms. The number of benzene rings is 2. The molecule has 0 atom stereocenters. The quantitative estimate of drug-likeness (QED) is 0.535. The zero-order valence-electron chi connectivity index (χ0n) is 20.7. The van der Waals surface area contributed by atoms with Gasteiger partial charge < -0.3 is 10.2 Å². The molecule has 0 bridgehead atoms. The van der Waals surface area contributed by atoms with Crippen LogP contribution in [0.3, 0.4) is 0 Å². The van der Waals surface area contributed by atoms with Gasteiger partial charge in [0.25, 0.3) is 11.8 Å². The highest BCUT2D eigenvalue weighted by Gasteiger charge is 2.34. The van der Waals surface area contributed by atoms with E-state index in [9.17, 15) is 18.4 Å². The molecule has 2 aromatic carbocycles. The number of anilines is 2. The van der Waals surface area contributed by atoms with Crippen LogP contribution < -0.4 is 10.2 Å². The van der Waals surface area contributed by atoms with Gasteiger partial charge in [0.15, 0.2) is 0 Å². The Hall–Kier alpha value is -4.10. The molecule has 0 saturated carbocycles. The number of alkyl halides is 2. The lowest BCUT2D eigenvalue weighted by molar-refractivity contribution is -0.0279. The summed E-state index contributed by atoms with van der Waals surface area (Å²) >= 11 is 0. The zero-order chi connectivity index (χ0) is 26.5. The van der Waals surface area contributed by atoms with E-state index in [0.717, 1.165) is 5.56 Å². The number of nitriles is 1. The molecule has 192 valence electrons. The minimum atomic E-state index is -2.28. The third kappa shape index (κ3) is 5.52. The zero-order valence-corrected chi connectivity index (χ0v) is 20.7. The molecule has 37 heavy (non-hydrogen) atoms. The minimum Gasteiger partial charge on any atom is -0.322 e. The number of nitrogens with zero attached hydrogens (tertiary/aromatic N) is 5. The molecule has 1 fully saturated rings. The summed E-state index contributed by atoms with van der Waals surface area (Å²) < 4.78 is 26.9. The maximum absolute atomic E-state index is 13.3. The first-order valence-corrected chi connectivity index (χ1v) is 12.2. The summed E-state index contributed by atoms with van der Waals surface area (Å²) in [5.74, 6) is -1.37. The van der Waals surface area contributed by atoms with E-state index in [0.29, 0.717) is 49.7 Å². The number of carbonyl (C=O) groups excluding carboxylic acids is 2. The Morgan fingerprint density at radius 2 is 1.89 bits per heavy atom. The molecule has 5 rings (SSSR count). The molecule has 1 saturated heterocycles. The normalized spacial score (nSPS) is 15.4. The summed E-state index contributed by atoms with van der Waals surface area (Å²) in [7, 11) is 0. The fraction of sp³-hybridized carbons (Fsp3) is 0.333. The number of likely N-dealkylation sites (tertiary alicyclic amines) is 1. The Morgan fingerprint density at radius 1 is 1.16 bits per heavy atom. The summed E-state index contributed by atoms with van der Waals surface area (Å²) in [4.78, 5) is 29.8. The number of hydrogen-bond acceptors (Lipinski definition) is 5. The van der Waals surface area contributed by atoms with Crippen molar-refractivity contribution in [1.82, 2.24) is 14.7 Å². The largest absolute Gasteiger partial charge is 0.322 e. The molecule has 2 aliphatic rings. The Bertz CT molecular complexity index is 1310. The lowest BCUT2D eigenvalue weighted by Gasteiger charge is -2.38. The molecule has 0 radical (unpaired) electrons. The van der Waals surface area contributed by atoms with Gasteiger partial charge in [-0.1, -0.05) is 32.0 Å². The van der Waals surface area contributed by atoms with Gasteiger partial charge in [-0.15, -0.1) is 0 Å². The fourth-order valence-electron chi connectivity index (χ4n) is 4.42. The first-order valence-electron chi connectivity index (χ1n) is 12.2. The Kier molecular flexibility index (Phi) is 7.94. The van der Waals surface area contributed by atoms with Gasteiger partial charge >= 0.3 is 0 Å². The maximum atomic E-state index is 13.3. The van der Waals surface area contributed by atoms with Crippen molar-refractivity contribution >= 4 is 23.2 Å². The van der Waals surface area contributed by atoms with Crippen LogP contribution in [0.2, 0.25) is 0 Å². The van der Waals surface area contributed by atoms with Gasteiger partial charge in [-0.2, -0.15) is 10.4 Å². The predicted octanol–water partition coefficient (Wildman–Crippen LogP) is 4.39. The molecule has 1 N–H and O–H groups in total. The van der Waals surface area contributed by atoms with Crippen LogP contribution in [0.1, 0.15) is 45.8 Å². The van der Waals surface area contributed by atoms with Gasteiger partial charge in [0, 0.05) is 43.5 Å². The van der Waals surface area contributed by atoms with Gasteiger partial charge in [0.05, 0.1) is 29.9 Å². The first-order chi connectivity index (χ1) is 17.9. The average Bonchev–Trinajstić information content (AvgIpc) is 3.33. The van der Waals surface area contributed by atoms with E-state index in [4.69, 9.17) is 5.26 Å². The van der Waals surface area contributed by atoms with Crippen molar-refractivity contribution in [3.8, 4) is 6.07 Å². The number of hydrogen-bond donors (Lipinski definition) is 1. The number of carbonyl (C=O) groups is 2. The number of rotatable bonds is 6. The molecular formula is C27H28F2N6O2. The standard InChI is InChI=1S/C25H22F2N6O2.C2H6/c26-23(27)18-14-31(15-18)13-16-4-6-20(7-5-16)32-8-9-33-22(25(32)35)21(12-29-33)24(34)30-19-3-1-2-17(10-19)11-28;1-2/h1-7,10,12,18,23H,8-9,13-15H2,(H,30,34);1-2H3. The van der Waals surface area contributed by atoms with Crippen molar-refractivity contribution < 1.29 is 18.4 Å². The van der Waals surface area contributed by atoms with Gasteiger partial charge in [0.2, 0.25) is 6.43 Å². The number of fused-ring (bicyclic) bond motifs is 1. The highest BCUT2D eigenvalue weighted by atomic mass is 19.3. The Balaban J connectivity index is 0.00000156. The van der Waals surface area contributed by atoms with Gasteiger partial charge in [-0.05, 0) is 35.9 Å². The third-order valence-electron chi connectivity index (χ3n) is 6.31. The highest BCUT2D eigenvalue weighted by Crippen LogP contribution is 2.27. The molecule has 0 aliphatic carbocycles. The highest BCUT2D eigenvalue weighted by molar-refractivity contribution is 6.15. The van der Waals surface area contributed by atoms with Crippen LogP contribution in [0.15, 0.2) is 54.7 Å². The number of nitrogens with one attached hydrogen (secondary N) is 1. The SMILES string of the molecule is CC.N#Cc1cccc(NC(=O)c2cnn3c2C(=O)N(c2ccc(CN4CC(C(F)F)C4)cc2)CC3)c1. The van der Waals surface area contributed by atoms with Crippen molar-refractivity contribution in [3.63, 3.8) is 0 Å². The van der Waals surface area contributed by atoms with Crippen LogP contribution >= 0.6 is 0 Å².